The highest BCUT2D eigenvalue weighted by atomic mass is 32.1. The fraction of sp³-hybridized carbons (Fsp3) is 0.250. The Kier molecular flexibility index (Phi) is 6.86. The van der Waals surface area contributed by atoms with E-state index in [4.69, 9.17) is 12.2 Å². The molecule has 22 heavy (non-hydrogen) atoms. The van der Waals surface area contributed by atoms with Gasteiger partial charge in [-0.25, -0.2) is 0 Å². The molecule has 6 heteroatoms. The summed E-state index contributed by atoms with van der Waals surface area (Å²) in [7, 11) is 0. The summed E-state index contributed by atoms with van der Waals surface area (Å²) < 4.78 is 0. The van der Waals surface area contributed by atoms with Gasteiger partial charge in [-0.1, -0.05) is 36.4 Å². The van der Waals surface area contributed by atoms with E-state index in [0.717, 1.165) is 18.4 Å². The third kappa shape index (κ3) is 6.24. The Balaban J connectivity index is 1.56. The summed E-state index contributed by atoms with van der Waals surface area (Å²) in [6.45, 7) is 0.626. The number of thiophene rings is 1. The summed E-state index contributed by atoms with van der Waals surface area (Å²) in [6.07, 6.45) is 2.24. The fourth-order valence-electron chi connectivity index (χ4n) is 1.89. The largest absolute Gasteiger partial charge is 0.357 e. The van der Waals surface area contributed by atoms with Gasteiger partial charge < -0.3 is 5.32 Å². The molecule has 116 valence electrons. The summed E-state index contributed by atoms with van der Waals surface area (Å²) in [5, 5.41) is 5.50. The van der Waals surface area contributed by atoms with Crippen molar-refractivity contribution in [2.75, 3.05) is 0 Å². The molecule has 3 N–H and O–H groups in total. The van der Waals surface area contributed by atoms with Gasteiger partial charge in [0.2, 0.25) is 5.91 Å². The molecule has 0 aliphatic carbocycles. The highest BCUT2D eigenvalue weighted by molar-refractivity contribution is 7.80. The maximum atomic E-state index is 11.7. The van der Waals surface area contributed by atoms with E-state index in [1.54, 1.807) is 11.3 Å². The molecule has 0 atom stereocenters. The first-order valence-electron chi connectivity index (χ1n) is 7.13. The SMILES string of the molecule is O=C(CCCc1cccs1)NNC(=S)NCc1ccccc1. The van der Waals surface area contributed by atoms with Gasteiger partial charge >= 0.3 is 0 Å². The molecule has 0 saturated heterocycles. The average molecular weight is 333 g/mol. The van der Waals surface area contributed by atoms with Crippen molar-refractivity contribution in [1.29, 1.82) is 0 Å². The van der Waals surface area contributed by atoms with Gasteiger partial charge in [0.15, 0.2) is 5.11 Å². The lowest BCUT2D eigenvalue weighted by Gasteiger charge is -2.11. The molecule has 0 spiro atoms. The van der Waals surface area contributed by atoms with Crippen molar-refractivity contribution < 1.29 is 4.79 Å². The van der Waals surface area contributed by atoms with Crippen LogP contribution in [0.5, 0.6) is 0 Å². The van der Waals surface area contributed by atoms with Crippen LogP contribution in [0, 0.1) is 0 Å². The van der Waals surface area contributed by atoms with Gasteiger partial charge in [0.25, 0.3) is 0 Å². The van der Waals surface area contributed by atoms with Gasteiger partial charge in [-0.2, -0.15) is 0 Å². The summed E-state index contributed by atoms with van der Waals surface area (Å²) >= 11 is 6.83. The van der Waals surface area contributed by atoms with Crippen molar-refractivity contribution in [3.05, 3.63) is 58.3 Å². The van der Waals surface area contributed by atoms with E-state index in [9.17, 15) is 4.79 Å². The zero-order chi connectivity index (χ0) is 15.6. The molecule has 0 bridgehead atoms. The van der Waals surface area contributed by atoms with Crippen LogP contribution in [0.1, 0.15) is 23.3 Å². The number of aryl methyl sites for hydroxylation is 1. The molecule has 0 unspecified atom stereocenters. The van der Waals surface area contributed by atoms with E-state index < -0.39 is 0 Å². The molecule has 0 saturated carbocycles. The minimum atomic E-state index is -0.0552. The average Bonchev–Trinajstić information content (AvgIpc) is 3.05. The van der Waals surface area contributed by atoms with Crippen LogP contribution in [0.2, 0.25) is 0 Å². The Morgan fingerprint density at radius 1 is 1.09 bits per heavy atom. The molecule has 2 aromatic rings. The van der Waals surface area contributed by atoms with E-state index in [0.29, 0.717) is 18.1 Å². The molecular formula is C16H19N3OS2. The molecule has 2 rings (SSSR count). The van der Waals surface area contributed by atoms with E-state index in [-0.39, 0.29) is 5.91 Å². The molecular weight excluding hydrogens is 314 g/mol. The second-order valence-electron chi connectivity index (χ2n) is 4.77. The van der Waals surface area contributed by atoms with E-state index in [2.05, 4.69) is 22.2 Å². The molecule has 0 aliphatic rings. The monoisotopic (exact) mass is 333 g/mol. The lowest BCUT2D eigenvalue weighted by Crippen LogP contribution is -2.46. The van der Waals surface area contributed by atoms with Gasteiger partial charge in [0.1, 0.15) is 0 Å². The summed E-state index contributed by atoms with van der Waals surface area (Å²) in [5.74, 6) is -0.0552. The molecule has 0 radical (unpaired) electrons. The predicted octanol–water partition coefficient (Wildman–Crippen LogP) is 2.77. The van der Waals surface area contributed by atoms with Gasteiger partial charge in [-0.15, -0.1) is 11.3 Å². The van der Waals surface area contributed by atoms with Crippen LogP contribution in [-0.2, 0) is 17.8 Å². The predicted molar refractivity (Wildman–Crippen MR) is 94.4 cm³/mol. The van der Waals surface area contributed by atoms with Gasteiger partial charge in [-0.05, 0) is 42.1 Å². The zero-order valence-electron chi connectivity index (χ0n) is 12.2. The number of hydrogen-bond acceptors (Lipinski definition) is 3. The van der Waals surface area contributed by atoms with Crippen LogP contribution < -0.4 is 16.2 Å². The first kappa shape index (κ1) is 16.5. The second-order valence-corrected chi connectivity index (χ2v) is 6.21. The molecule has 0 aliphatic heterocycles. The van der Waals surface area contributed by atoms with Crippen molar-refractivity contribution in [2.24, 2.45) is 0 Å². The standard InChI is InChI=1S/C16H19N3OS2/c20-15(10-4-8-14-9-5-11-22-14)18-19-16(21)17-12-13-6-2-1-3-7-13/h1-3,5-7,9,11H,4,8,10,12H2,(H,18,20)(H2,17,19,21). The van der Waals surface area contributed by atoms with Crippen molar-refractivity contribution in [2.45, 2.75) is 25.8 Å². The van der Waals surface area contributed by atoms with Crippen molar-refractivity contribution >= 4 is 34.6 Å². The number of nitrogens with one attached hydrogen (secondary N) is 3. The van der Waals surface area contributed by atoms with Crippen molar-refractivity contribution in [1.82, 2.24) is 16.2 Å². The smallest absolute Gasteiger partial charge is 0.238 e. The number of amides is 1. The van der Waals surface area contributed by atoms with E-state index in [1.165, 1.54) is 4.88 Å². The third-order valence-electron chi connectivity index (χ3n) is 3.02. The topological polar surface area (TPSA) is 53.2 Å². The summed E-state index contributed by atoms with van der Waals surface area (Å²) in [4.78, 5) is 13.0. The summed E-state index contributed by atoms with van der Waals surface area (Å²) in [6, 6.07) is 14.1. The Hall–Kier alpha value is -1.92. The number of rotatable bonds is 6. The molecule has 1 amide bonds. The van der Waals surface area contributed by atoms with Crippen LogP contribution in [0.4, 0.5) is 0 Å². The number of hydrogen-bond donors (Lipinski definition) is 3. The van der Waals surface area contributed by atoms with Crippen LogP contribution in [0.3, 0.4) is 0 Å². The molecule has 0 fully saturated rings. The number of thiocarbonyl (C=S) groups is 1. The van der Waals surface area contributed by atoms with Crippen LogP contribution in [-0.4, -0.2) is 11.0 Å². The summed E-state index contributed by atoms with van der Waals surface area (Å²) in [5.41, 5.74) is 6.46. The minimum absolute atomic E-state index is 0.0552. The lowest BCUT2D eigenvalue weighted by molar-refractivity contribution is -0.121. The Bertz CT molecular complexity index is 585. The Morgan fingerprint density at radius 3 is 2.64 bits per heavy atom. The van der Waals surface area contributed by atoms with E-state index >= 15 is 0 Å². The Morgan fingerprint density at radius 2 is 1.91 bits per heavy atom. The molecule has 1 heterocycles. The number of benzene rings is 1. The van der Waals surface area contributed by atoms with Crippen LogP contribution >= 0.6 is 23.6 Å². The zero-order valence-corrected chi connectivity index (χ0v) is 13.8. The van der Waals surface area contributed by atoms with Crippen LogP contribution in [0.25, 0.3) is 0 Å². The first-order chi connectivity index (χ1) is 10.7. The highest BCUT2D eigenvalue weighted by Crippen LogP contribution is 2.11. The van der Waals surface area contributed by atoms with Crippen molar-refractivity contribution in [3.63, 3.8) is 0 Å². The third-order valence-corrected chi connectivity index (χ3v) is 4.20. The van der Waals surface area contributed by atoms with Gasteiger partial charge in [0, 0.05) is 17.8 Å². The first-order valence-corrected chi connectivity index (χ1v) is 8.42. The normalized spacial score (nSPS) is 10.0. The lowest BCUT2D eigenvalue weighted by atomic mass is 10.2. The number of carbonyl (C=O) groups excluding carboxylic acids is 1. The van der Waals surface area contributed by atoms with Crippen LogP contribution in [0.15, 0.2) is 47.8 Å². The highest BCUT2D eigenvalue weighted by Gasteiger charge is 2.03. The Labute approximate surface area is 139 Å². The maximum absolute atomic E-state index is 11.7. The minimum Gasteiger partial charge on any atom is -0.357 e. The maximum Gasteiger partial charge on any atom is 0.238 e. The number of hydrazine groups is 1. The number of carbonyl (C=O) groups is 1. The second kappa shape index (κ2) is 9.17. The quantitative estimate of drug-likeness (QED) is 0.562. The van der Waals surface area contributed by atoms with Gasteiger partial charge in [-0.3, -0.25) is 15.6 Å². The molecule has 1 aromatic carbocycles. The van der Waals surface area contributed by atoms with Crippen molar-refractivity contribution in [3.8, 4) is 0 Å². The van der Waals surface area contributed by atoms with E-state index in [1.807, 2.05) is 41.8 Å². The van der Waals surface area contributed by atoms with Gasteiger partial charge in [0.05, 0.1) is 0 Å². The fourth-order valence-corrected chi connectivity index (χ4v) is 2.76. The molecule has 1 aromatic heterocycles. The molecule has 4 nitrogen and oxygen atoms in total.